The zero-order chi connectivity index (χ0) is 23.2. The number of nitrogens with one attached hydrogen (secondary N) is 3. The number of nitrogens with zero attached hydrogens (tertiary/aromatic N) is 5. The van der Waals surface area contributed by atoms with E-state index in [0.717, 1.165) is 12.3 Å². The summed E-state index contributed by atoms with van der Waals surface area (Å²) in [5.41, 5.74) is 0.291. The molecule has 0 bridgehead atoms. The van der Waals surface area contributed by atoms with Crippen LogP contribution in [0.15, 0.2) is 12.3 Å². The normalized spacial score (nSPS) is 22.8. The summed E-state index contributed by atoms with van der Waals surface area (Å²) in [5.74, 6) is 1.10. The fraction of sp³-hybridized carbons (Fsp3) is 0.550. The second-order valence-electron chi connectivity index (χ2n) is 8.54. The fourth-order valence-corrected chi connectivity index (χ4v) is 4.08. The number of alkyl halides is 3. The molecule has 12 heteroatoms. The number of aryl methyl sites for hydroxylation is 1. The molecule has 3 N–H and O–H groups in total. The van der Waals surface area contributed by atoms with Crippen LogP contribution in [0.25, 0.3) is 0 Å². The van der Waals surface area contributed by atoms with Gasteiger partial charge in [0, 0.05) is 25.3 Å². The van der Waals surface area contributed by atoms with E-state index in [1.165, 1.54) is 0 Å². The molecule has 4 rings (SSSR count). The van der Waals surface area contributed by atoms with Crippen LogP contribution in [-0.2, 0) is 11.0 Å². The van der Waals surface area contributed by atoms with Crippen molar-refractivity contribution in [3.8, 4) is 0 Å². The van der Waals surface area contributed by atoms with Crippen molar-refractivity contribution in [1.29, 1.82) is 0 Å². The Morgan fingerprint density at radius 1 is 1.12 bits per heavy atom. The van der Waals surface area contributed by atoms with E-state index in [-0.39, 0.29) is 35.9 Å². The molecule has 2 aliphatic rings. The minimum Gasteiger partial charge on any atom is -0.351 e. The highest BCUT2D eigenvalue weighted by molar-refractivity contribution is 6.03. The maximum absolute atomic E-state index is 12.8. The Morgan fingerprint density at radius 2 is 1.78 bits per heavy atom. The molecule has 2 aromatic heterocycles. The summed E-state index contributed by atoms with van der Waals surface area (Å²) in [7, 11) is 1.84. The third-order valence-electron chi connectivity index (χ3n) is 5.72. The molecule has 0 spiro atoms. The van der Waals surface area contributed by atoms with Crippen LogP contribution in [0, 0.1) is 12.8 Å². The molecule has 0 aromatic carbocycles. The molecule has 9 nitrogen and oxygen atoms in total. The maximum Gasteiger partial charge on any atom is 0.433 e. The van der Waals surface area contributed by atoms with Gasteiger partial charge < -0.3 is 20.9 Å². The fourth-order valence-electron chi connectivity index (χ4n) is 4.08. The first-order valence-corrected chi connectivity index (χ1v) is 10.4. The summed E-state index contributed by atoms with van der Waals surface area (Å²) in [4.78, 5) is 30.8. The van der Waals surface area contributed by atoms with Crippen molar-refractivity contribution in [2.75, 3.05) is 27.9 Å². The van der Waals surface area contributed by atoms with Gasteiger partial charge in [-0.15, -0.1) is 0 Å². The molecule has 0 saturated heterocycles. The molecule has 2 aromatic rings. The molecule has 1 amide bonds. The average molecular weight is 450 g/mol. The van der Waals surface area contributed by atoms with Crippen LogP contribution >= 0.6 is 0 Å². The van der Waals surface area contributed by atoms with Gasteiger partial charge in [0.25, 0.3) is 0 Å². The van der Waals surface area contributed by atoms with Crippen LogP contribution in [0.5, 0.6) is 0 Å². The number of halogens is 3. The van der Waals surface area contributed by atoms with Crippen molar-refractivity contribution < 1.29 is 18.0 Å². The molecule has 0 radical (unpaired) electrons. The number of fused-ring (bicyclic) bond motifs is 1. The summed E-state index contributed by atoms with van der Waals surface area (Å²) in [6, 6.07) is 0.520. The lowest BCUT2D eigenvalue weighted by Crippen LogP contribution is -2.50. The molecule has 1 saturated carbocycles. The van der Waals surface area contributed by atoms with Crippen molar-refractivity contribution in [2.45, 2.75) is 57.9 Å². The number of hydrogen-bond acceptors (Lipinski definition) is 8. The second-order valence-corrected chi connectivity index (χ2v) is 8.54. The van der Waals surface area contributed by atoms with Crippen molar-refractivity contribution >= 4 is 29.3 Å². The molecule has 1 fully saturated rings. The highest BCUT2D eigenvalue weighted by Gasteiger charge is 2.37. The van der Waals surface area contributed by atoms with Gasteiger partial charge in [-0.1, -0.05) is 13.8 Å². The lowest BCUT2D eigenvalue weighted by Gasteiger charge is -2.38. The van der Waals surface area contributed by atoms with Gasteiger partial charge in [0.15, 0.2) is 5.82 Å². The quantitative estimate of drug-likeness (QED) is 0.638. The lowest BCUT2D eigenvalue weighted by atomic mass is 9.87. The molecular weight excluding hydrogens is 425 g/mol. The number of hydrogen-bond donors (Lipinski definition) is 3. The van der Waals surface area contributed by atoms with Crippen LogP contribution in [-0.4, -0.2) is 51.0 Å². The molecule has 1 aliphatic carbocycles. The molecule has 32 heavy (non-hydrogen) atoms. The van der Waals surface area contributed by atoms with Crippen LogP contribution < -0.4 is 20.9 Å². The summed E-state index contributed by atoms with van der Waals surface area (Å²) < 4.78 is 38.4. The molecule has 1 atom stereocenters. The number of amides is 1. The SMILES string of the molecule is Cc1nc(NC2CC(Nc3nccc(C(F)(F)F)n3)C2)nc2c1NC(=O)[C@H](C(C)C)N2C. The first kappa shape index (κ1) is 22.0. The number of carbonyl (C=O) groups is 1. The van der Waals surface area contributed by atoms with Gasteiger partial charge in [-0.2, -0.15) is 18.2 Å². The Hall–Kier alpha value is -3.18. The maximum atomic E-state index is 12.8. The Kier molecular flexibility index (Phi) is 5.55. The number of aromatic nitrogens is 4. The van der Waals surface area contributed by atoms with Crippen LogP contribution in [0.1, 0.15) is 38.1 Å². The molecule has 172 valence electrons. The highest BCUT2D eigenvalue weighted by atomic mass is 19.4. The number of carbonyl (C=O) groups excluding carboxylic acids is 1. The zero-order valence-electron chi connectivity index (χ0n) is 18.2. The van der Waals surface area contributed by atoms with E-state index in [2.05, 4.69) is 35.9 Å². The first-order valence-electron chi connectivity index (χ1n) is 10.4. The minimum absolute atomic E-state index is 0.0405. The van der Waals surface area contributed by atoms with Crippen molar-refractivity contribution in [3.05, 3.63) is 23.7 Å². The molecular formula is C20H25F3N8O. The smallest absolute Gasteiger partial charge is 0.351 e. The van der Waals surface area contributed by atoms with Crippen molar-refractivity contribution in [2.24, 2.45) is 5.92 Å². The summed E-state index contributed by atoms with van der Waals surface area (Å²) in [6.45, 7) is 5.77. The van der Waals surface area contributed by atoms with Gasteiger partial charge in [0.05, 0.1) is 5.69 Å². The predicted molar refractivity (Wildman–Crippen MR) is 114 cm³/mol. The average Bonchev–Trinajstić information content (AvgIpc) is 2.66. The Balaban J connectivity index is 1.40. The molecule has 0 unspecified atom stereocenters. The monoisotopic (exact) mass is 450 g/mol. The predicted octanol–water partition coefficient (Wildman–Crippen LogP) is 3.06. The van der Waals surface area contributed by atoms with Gasteiger partial charge in [-0.3, -0.25) is 4.79 Å². The third kappa shape index (κ3) is 4.26. The Morgan fingerprint density at radius 3 is 2.41 bits per heavy atom. The second kappa shape index (κ2) is 8.06. The standard InChI is InChI=1S/C20H25F3N8O/c1-9(2)15-17(32)29-14-10(3)25-19(30-16(14)31(15)4)27-12-7-11(8-12)26-18-24-6-5-13(28-18)20(21,22)23/h5-6,9,11-12,15H,7-8H2,1-4H3,(H,29,32)(H,24,26,28)(H,25,27,30)/t11?,12?,15-/m0/s1. The minimum atomic E-state index is -4.51. The van der Waals surface area contributed by atoms with Crippen LogP contribution in [0.2, 0.25) is 0 Å². The largest absolute Gasteiger partial charge is 0.433 e. The molecule has 1 aliphatic heterocycles. The lowest BCUT2D eigenvalue weighted by molar-refractivity contribution is -0.141. The highest BCUT2D eigenvalue weighted by Crippen LogP contribution is 2.35. The number of anilines is 4. The van der Waals surface area contributed by atoms with Gasteiger partial charge in [-0.25, -0.2) is 15.0 Å². The van der Waals surface area contributed by atoms with E-state index in [9.17, 15) is 18.0 Å². The summed E-state index contributed by atoms with van der Waals surface area (Å²) in [6.07, 6.45) is -2.11. The van der Waals surface area contributed by atoms with Gasteiger partial charge >= 0.3 is 6.18 Å². The zero-order valence-corrected chi connectivity index (χ0v) is 18.2. The van der Waals surface area contributed by atoms with Gasteiger partial charge in [-0.05, 0) is 31.7 Å². The van der Waals surface area contributed by atoms with Gasteiger partial charge in [0.2, 0.25) is 17.8 Å². The van der Waals surface area contributed by atoms with E-state index >= 15 is 0 Å². The number of rotatable bonds is 5. The van der Waals surface area contributed by atoms with Crippen molar-refractivity contribution in [3.63, 3.8) is 0 Å². The topological polar surface area (TPSA) is 108 Å². The van der Waals surface area contributed by atoms with E-state index in [1.54, 1.807) is 0 Å². The van der Waals surface area contributed by atoms with E-state index in [1.807, 2.05) is 32.7 Å². The van der Waals surface area contributed by atoms with Gasteiger partial charge in [0.1, 0.15) is 17.4 Å². The molecule has 3 heterocycles. The number of likely N-dealkylation sites (N-methyl/N-ethyl adjacent to an activating group) is 1. The Bertz CT molecular complexity index is 1020. The first-order chi connectivity index (χ1) is 15.0. The Labute approximate surface area is 183 Å². The van der Waals surface area contributed by atoms with E-state index in [0.29, 0.717) is 36.0 Å². The summed E-state index contributed by atoms with van der Waals surface area (Å²) in [5, 5.41) is 9.12. The van der Waals surface area contributed by atoms with E-state index in [4.69, 9.17) is 0 Å². The van der Waals surface area contributed by atoms with E-state index < -0.39 is 11.9 Å². The summed E-state index contributed by atoms with van der Waals surface area (Å²) >= 11 is 0. The third-order valence-corrected chi connectivity index (χ3v) is 5.72. The van der Waals surface area contributed by atoms with Crippen LogP contribution in [0.3, 0.4) is 0 Å². The van der Waals surface area contributed by atoms with Crippen LogP contribution in [0.4, 0.5) is 36.6 Å². The van der Waals surface area contributed by atoms with Crippen molar-refractivity contribution in [1.82, 2.24) is 19.9 Å².